The van der Waals surface area contributed by atoms with Gasteiger partial charge in [-0.15, -0.1) is 11.3 Å². The maximum Gasteiger partial charge on any atom is 0.251 e. The molecule has 1 saturated heterocycles. The van der Waals surface area contributed by atoms with Gasteiger partial charge in [-0.2, -0.15) is 0 Å². The average molecular weight is 460 g/mol. The van der Waals surface area contributed by atoms with Gasteiger partial charge in [-0.05, 0) is 48.9 Å². The van der Waals surface area contributed by atoms with Gasteiger partial charge in [-0.3, -0.25) is 9.69 Å². The normalized spacial score (nSPS) is 15.6. The van der Waals surface area contributed by atoms with Gasteiger partial charge >= 0.3 is 0 Å². The molecule has 3 aromatic rings. The van der Waals surface area contributed by atoms with Crippen LogP contribution in [0, 0.1) is 5.82 Å². The Kier molecular flexibility index (Phi) is 6.97. The molecule has 162 valence electrons. The van der Waals surface area contributed by atoms with Crippen molar-refractivity contribution in [1.29, 1.82) is 0 Å². The van der Waals surface area contributed by atoms with Gasteiger partial charge in [0, 0.05) is 53.9 Å². The van der Waals surface area contributed by atoms with Gasteiger partial charge in [0.15, 0.2) is 0 Å². The molecular weight excluding hydrogens is 437 g/mol. The summed E-state index contributed by atoms with van der Waals surface area (Å²) in [5, 5.41) is 6.07. The average Bonchev–Trinajstić information content (AvgIpc) is 3.29. The van der Waals surface area contributed by atoms with Gasteiger partial charge in [-0.1, -0.05) is 11.6 Å². The number of carbonyl (C=O) groups excluding carboxylic acids is 1. The molecule has 2 aromatic carbocycles. The second-order valence-corrected chi connectivity index (χ2v) is 8.85. The number of amides is 1. The number of benzene rings is 2. The van der Waals surface area contributed by atoms with Crippen LogP contribution in [0.1, 0.15) is 17.3 Å². The predicted octanol–water partition coefficient (Wildman–Crippen LogP) is 4.72. The first-order chi connectivity index (χ1) is 15.0. The molecule has 31 heavy (non-hydrogen) atoms. The Morgan fingerprint density at radius 3 is 2.74 bits per heavy atom. The molecule has 1 aliphatic rings. The second-order valence-electron chi connectivity index (χ2n) is 7.55. The van der Waals surface area contributed by atoms with Gasteiger partial charge in [0.2, 0.25) is 0 Å². The van der Waals surface area contributed by atoms with Crippen molar-refractivity contribution in [3.05, 3.63) is 64.4 Å². The maximum absolute atomic E-state index is 13.5. The van der Waals surface area contributed by atoms with E-state index in [1.165, 1.54) is 23.5 Å². The minimum Gasteiger partial charge on any atom is -0.379 e. The molecular formula is C23H23ClFN3O2S. The van der Waals surface area contributed by atoms with E-state index in [9.17, 15) is 9.18 Å². The molecule has 4 rings (SSSR count). The van der Waals surface area contributed by atoms with Crippen LogP contribution in [0.2, 0.25) is 5.02 Å². The first-order valence-corrected chi connectivity index (χ1v) is 11.4. The van der Waals surface area contributed by atoms with Gasteiger partial charge < -0.3 is 10.1 Å². The van der Waals surface area contributed by atoms with Crippen LogP contribution in [-0.4, -0.2) is 54.7 Å². The maximum atomic E-state index is 13.5. The fourth-order valence-corrected chi connectivity index (χ4v) is 4.55. The Bertz CT molecular complexity index is 1050. The van der Waals surface area contributed by atoms with Crippen molar-refractivity contribution >= 4 is 28.8 Å². The van der Waals surface area contributed by atoms with Crippen molar-refractivity contribution in [1.82, 2.24) is 15.2 Å². The van der Waals surface area contributed by atoms with E-state index in [-0.39, 0.29) is 11.9 Å². The zero-order valence-corrected chi connectivity index (χ0v) is 18.7. The third kappa shape index (κ3) is 5.49. The third-order valence-electron chi connectivity index (χ3n) is 5.13. The molecule has 1 N–H and O–H groups in total. The number of nitrogens with one attached hydrogen (secondary N) is 1. The van der Waals surface area contributed by atoms with E-state index in [0.717, 1.165) is 49.0 Å². The zero-order chi connectivity index (χ0) is 21.8. The molecule has 1 fully saturated rings. The molecule has 0 radical (unpaired) electrons. The summed E-state index contributed by atoms with van der Waals surface area (Å²) in [6.07, 6.45) is 1.72. The summed E-state index contributed by atoms with van der Waals surface area (Å²) in [7, 11) is 0. The highest BCUT2D eigenvalue weighted by atomic mass is 35.5. The van der Waals surface area contributed by atoms with E-state index in [4.69, 9.17) is 16.3 Å². The lowest BCUT2D eigenvalue weighted by Crippen LogP contribution is -2.46. The van der Waals surface area contributed by atoms with Gasteiger partial charge in [-0.25, -0.2) is 9.37 Å². The summed E-state index contributed by atoms with van der Waals surface area (Å²) in [5.74, 6) is -0.571. The quantitative estimate of drug-likeness (QED) is 0.579. The SMILES string of the molecule is C[C@H](CN1CCOCC1)NC(=O)c1cc(-c2nccs2)cc(-c2ccc(F)cc2Cl)c1. The summed E-state index contributed by atoms with van der Waals surface area (Å²) < 4.78 is 18.9. The van der Waals surface area contributed by atoms with Crippen molar-refractivity contribution in [2.24, 2.45) is 0 Å². The van der Waals surface area contributed by atoms with Crippen LogP contribution >= 0.6 is 22.9 Å². The van der Waals surface area contributed by atoms with E-state index >= 15 is 0 Å². The molecule has 8 heteroatoms. The van der Waals surface area contributed by atoms with Crippen molar-refractivity contribution in [2.45, 2.75) is 13.0 Å². The Balaban J connectivity index is 1.61. The minimum absolute atomic E-state index is 0.0213. The number of thiazole rings is 1. The fourth-order valence-electron chi connectivity index (χ4n) is 3.65. The predicted molar refractivity (Wildman–Crippen MR) is 122 cm³/mol. The highest BCUT2D eigenvalue weighted by Crippen LogP contribution is 2.33. The van der Waals surface area contributed by atoms with Crippen molar-refractivity contribution < 1.29 is 13.9 Å². The van der Waals surface area contributed by atoms with Crippen LogP contribution in [-0.2, 0) is 4.74 Å². The second kappa shape index (κ2) is 9.87. The number of aromatic nitrogens is 1. The van der Waals surface area contributed by atoms with Crippen molar-refractivity contribution in [3.8, 4) is 21.7 Å². The number of carbonyl (C=O) groups is 1. The van der Waals surface area contributed by atoms with E-state index in [2.05, 4.69) is 15.2 Å². The molecule has 2 heterocycles. The van der Waals surface area contributed by atoms with Crippen LogP contribution in [0.15, 0.2) is 48.0 Å². The number of ether oxygens (including phenoxy) is 1. The van der Waals surface area contributed by atoms with Crippen LogP contribution < -0.4 is 5.32 Å². The Morgan fingerprint density at radius 1 is 1.26 bits per heavy atom. The highest BCUT2D eigenvalue weighted by Gasteiger charge is 2.18. The lowest BCUT2D eigenvalue weighted by molar-refractivity contribution is 0.0342. The van der Waals surface area contributed by atoms with Crippen molar-refractivity contribution in [2.75, 3.05) is 32.8 Å². The number of hydrogen-bond acceptors (Lipinski definition) is 5. The molecule has 0 saturated carbocycles. The minimum atomic E-state index is -0.403. The van der Waals surface area contributed by atoms with Crippen LogP contribution in [0.5, 0.6) is 0 Å². The van der Waals surface area contributed by atoms with E-state index in [1.807, 2.05) is 24.4 Å². The van der Waals surface area contributed by atoms with Gasteiger partial charge in [0.05, 0.1) is 18.2 Å². The van der Waals surface area contributed by atoms with Crippen LogP contribution in [0.4, 0.5) is 4.39 Å². The summed E-state index contributed by atoms with van der Waals surface area (Å²) >= 11 is 7.79. The zero-order valence-electron chi connectivity index (χ0n) is 17.1. The molecule has 0 unspecified atom stereocenters. The molecule has 1 aromatic heterocycles. The number of halogens is 2. The molecule has 1 atom stereocenters. The van der Waals surface area contributed by atoms with E-state index < -0.39 is 5.82 Å². The van der Waals surface area contributed by atoms with E-state index in [0.29, 0.717) is 16.1 Å². The molecule has 1 aliphatic heterocycles. The van der Waals surface area contributed by atoms with Crippen LogP contribution in [0.3, 0.4) is 0 Å². The fraction of sp³-hybridized carbons (Fsp3) is 0.304. The summed E-state index contributed by atoms with van der Waals surface area (Å²) in [6.45, 7) is 5.93. The first kappa shape index (κ1) is 21.9. The molecule has 0 aliphatic carbocycles. The molecule has 0 spiro atoms. The number of rotatable bonds is 6. The highest BCUT2D eigenvalue weighted by molar-refractivity contribution is 7.13. The standard InChI is InChI=1S/C23H23ClFN3O2S/c1-15(14-28-5-7-30-8-6-28)27-22(29)17-10-16(20-3-2-19(25)13-21(20)24)11-18(12-17)23-26-4-9-31-23/h2-4,9-13,15H,5-8,14H2,1H3,(H,27,29)/t15-/m1/s1. The largest absolute Gasteiger partial charge is 0.379 e. The van der Waals surface area contributed by atoms with Gasteiger partial charge in [0.25, 0.3) is 5.91 Å². The van der Waals surface area contributed by atoms with E-state index in [1.54, 1.807) is 18.3 Å². The summed E-state index contributed by atoms with van der Waals surface area (Å²) in [5.41, 5.74) is 2.73. The molecule has 0 bridgehead atoms. The van der Waals surface area contributed by atoms with Crippen LogP contribution in [0.25, 0.3) is 21.7 Å². The summed E-state index contributed by atoms with van der Waals surface area (Å²) in [4.78, 5) is 19.7. The lowest BCUT2D eigenvalue weighted by Gasteiger charge is -2.29. The molecule has 5 nitrogen and oxygen atoms in total. The van der Waals surface area contributed by atoms with Gasteiger partial charge in [0.1, 0.15) is 10.8 Å². The number of hydrogen-bond donors (Lipinski definition) is 1. The third-order valence-corrected chi connectivity index (χ3v) is 6.26. The Morgan fingerprint density at radius 2 is 2.03 bits per heavy atom. The smallest absolute Gasteiger partial charge is 0.251 e. The monoisotopic (exact) mass is 459 g/mol. The Labute approximate surface area is 189 Å². The topological polar surface area (TPSA) is 54.5 Å². The van der Waals surface area contributed by atoms with Crippen molar-refractivity contribution in [3.63, 3.8) is 0 Å². The summed E-state index contributed by atoms with van der Waals surface area (Å²) in [6, 6.07) is 9.78. The number of nitrogens with zero attached hydrogens (tertiary/aromatic N) is 2. The number of morpholine rings is 1. The first-order valence-electron chi connectivity index (χ1n) is 10.1. The lowest BCUT2D eigenvalue weighted by atomic mass is 9.99. The molecule has 1 amide bonds. The Hall–Kier alpha value is -2.32.